The van der Waals surface area contributed by atoms with E-state index in [1.54, 1.807) is 0 Å². The molecule has 1 N–H and O–H groups in total. The van der Waals surface area contributed by atoms with Crippen molar-refractivity contribution >= 4 is 29.0 Å². The fourth-order valence-electron chi connectivity index (χ4n) is 2.65. The van der Waals surface area contributed by atoms with Crippen LogP contribution in [-0.4, -0.2) is 24.7 Å². The fourth-order valence-corrected chi connectivity index (χ4v) is 3.68. The maximum Gasteiger partial charge on any atom is 0.255 e. The minimum Gasteiger partial charge on any atom is -0.370 e. The predicted molar refractivity (Wildman–Crippen MR) is 94.2 cm³/mol. The van der Waals surface area contributed by atoms with Crippen LogP contribution in [0.5, 0.6) is 0 Å². The smallest absolute Gasteiger partial charge is 0.255 e. The van der Waals surface area contributed by atoms with E-state index in [9.17, 15) is 4.79 Å². The van der Waals surface area contributed by atoms with E-state index in [2.05, 4.69) is 23.2 Å². The van der Waals surface area contributed by atoms with Crippen molar-refractivity contribution in [1.82, 2.24) is 0 Å². The number of carbonyl (C=O) groups is 1. The monoisotopic (exact) mass is 312 g/mol. The van der Waals surface area contributed by atoms with Crippen molar-refractivity contribution in [3.8, 4) is 0 Å². The van der Waals surface area contributed by atoms with Gasteiger partial charge >= 0.3 is 0 Å². The van der Waals surface area contributed by atoms with Crippen molar-refractivity contribution < 1.29 is 4.79 Å². The lowest BCUT2D eigenvalue weighted by atomic mass is 10.1. The third-order valence-electron chi connectivity index (χ3n) is 3.96. The number of rotatable bonds is 3. The second-order valence-corrected chi connectivity index (χ2v) is 6.52. The van der Waals surface area contributed by atoms with Gasteiger partial charge in [-0.05, 0) is 43.7 Å². The van der Waals surface area contributed by atoms with Crippen molar-refractivity contribution in [3.05, 3.63) is 53.6 Å². The minimum absolute atomic E-state index is 0.0521. The molecule has 1 amide bonds. The number of anilines is 2. The van der Waals surface area contributed by atoms with Gasteiger partial charge < -0.3 is 10.2 Å². The van der Waals surface area contributed by atoms with Crippen LogP contribution < -0.4 is 10.2 Å². The molecule has 0 aliphatic carbocycles. The highest BCUT2D eigenvalue weighted by Gasteiger charge is 2.18. The largest absolute Gasteiger partial charge is 0.370 e. The van der Waals surface area contributed by atoms with E-state index >= 15 is 0 Å². The van der Waals surface area contributed by atoms with Gasteiger partial charge in [0.25, 0.3) is 5.91 Å². The van der Waals surface area contributed by atoms with Crippen LogP contribution in [0, 0.1) is 6.92 Å². The molecule has 2 aromatic rings. The second-order valence-electron chi connectivity index (χ2n) is 5.38. The fraction of sp³-hybridized carbons (Fsp3) is 0.278. The summed E-state index contributed by atoms with van der Waals surface area (Å²) in [6, 6.07) is 13.8. The molecule has 0 saturated heterocycles. The molecule has 0 spiro atoms. The average Bonchev–Trinajstić information content (AvgIpc) is 2.55. The first-order valence-electron chi connectivity index (χ1n) is 7.58. The SMILES string of the molecule is CCN1CCSc2ccc(C(=O)Nc3ccccc3C)cc21. The third kappa shape index (κ3) is 2.97. The van der Waals surface area contributed by atoms with E-state index in [0.29, 0.717) is 5.56 Å². The van der Waals surface area contributed by atoms with Gasteiger partial charge in [-0.2, -0.15) is 0 Å². The van der Waals surface area contributed by atoms with Gasteiger partial charge in [0.15, 0.2) is 0 Å². The van der Waals surface area contributed by atoms with Gasteiger partial charge in [0.2, 0.25) is 0 Å². The van der Waals surface area contributed by atoms with E-state index in [-0.39, 0.29) is 5.91 Å². The number of benzene rings is 2. The third-order valence-corrected chi connectivity index (χ3v) is 5.00. The number of carbonyl (C=O) groups excluding carboxylic acids is 1. The normalized spacial score (nSPS) is 13.6. The highest BCUT2D eigenvalue weighted by atomic mass is 32.2. The Bertz CT molecular complexity index is 699. The number of hydrogen-bond acceptors (Lipinski definition) is 3. The number of amides is 1. The van der Waals surface area contributed by atoms with Crippen LogP contribution in [0.4, 0.5) is 11.4 Å². The van der Waals surface area contributed by atoms with Crippen LogP contribution in [0.15, 0.2) is 47.4 Å². The van der Waals surface area contributed by atoms with Gasteiger partial charge in [-0.25, -0.2) is 0 Å². The van der Waals surface area contributed by atoms with Gasteiger partial charge in [-0.15, -0.1) is 11.8 Å². The summed E-state index contributed by atoms with van der Waals surface area (Å²) in [7, 11) is 0. The van der Waals surface area contributed by atoms with Crippen molar-refractivity contribution in [2.24, 2.45) is 0 Å². The highest BCUT2D eigenvalue weighted by Crippen LogP contribution is 2.35. The summed E-state index contributed by atoms with van der Waals surface area (Å²) in [5.74, 6) is 1.05. The number of para-hydroxylation sites is 1. The Morgan fingerprint density at radius 1 is 1.27 bits per heavy atom. The molecular weight excluding hydrogens is 292 g/mol. The highest BCUT2D eigenvalue weighted by molar-refractivity contribution is 7.99. The van der Waals surface area contributed by atoms with Crippen molar-refractivity contribution in [2.75, 3.05) is 29.1 Å². The zero-order valence-electron chi connectivity index (χ0n) is 12.9. The Morgan fingerprint density at radius 3 is 2.86 bits per heavy atom. The van der Waals surface area contributed by atoms with E-state index in [4.69, 9.17) is 0 Å². The van der Waals surface area contributed by atoms with Crippen LogP contribution in [0.25, 0.3) is 0 Å². The first-order chi connectivity index (χ1) is 10.7. The van der Waals surface area contributed by atoms with E-state index in [1.807, 2.05) is 55.1 Å². The molecular formula is C18H20N2OS. The number of fused-ring (bicyclic) bond motifs is 1. The first-order valence-corrected chi connectivity index (χ1v) is 8.56. The lowest BCUT2D eigenvalue weighted by molar-refractivity contribution is 0.102. The lowest BCUT2D eigenvalue weighted by Gasteiger charge is -2.30. The molecule has 0 aromatic heterocycles. The van der Waals surface area contributed by atoms with Gasteiger partial charge in [-0.1, -0.05) is 18.2 Å². The van der Waals surface area contributed by atoms with E-state index in [0.717, 1.165) is 30.1 Å². The maximum absolute atomic E-state index is 12.5. The standard InChI is InChI=1S/C18H20N2OS/c1-3-20-10-11-22-17-9-8-14(12-16(17)20)18(21)19-15-7-5-4-6-13(15)2/h4-9,12H,3,10-11H2,1-2H3,(H,19,21). The van der Waals surface area contributed by atoms with Gasteiger partial charge in [0.1, 0.15) is 0 Å². The number of hydrogen-bond donors (Lipinski definition) is 1. The van der Waals surface area contributed by atoms with Gasteiger partial charge in [0, 0.05) is 35.0 Å². The summed E-state index contributed by atoms with van der Waals surface area (Å²) >= 11 is 1.86. The van der Waals surface area contributed by atoms with Crippen LogP contribution >= 0.6 is 11.8 Å². The number of aryl methyl sites for hydroxylation is 1. The summed E-state index contributed by atoms with van der Waals surface area (Å²) < 4.78 is 0. The molecule has 1 heterocycles. The Hall–Kier alpha value is -1.94. The van der Waals surface area contributed by atoms with Crippen LogP contribution in [0.3, 0.4) is 0 Å². The van der Waals surface area contributed by atoms with Crippen molar-refractivity contribution in [1.29, 1.82) is 0 Å². The minimum atomic E-state index is -0.0521. The van der Waals surface area contributed by atoms with Crippen LogP contribution in [0.2, 0.25) is 0 Å². The molecule has 0 saturated carbocycles. The Labute approximate surface area is 135 Å². The lowest BCUT2D eigenvalue weighted by Crippen LogP contribution is -2.29. The molecule has 0 bridgehead atoms. The van der Waals surface area contributed by atoms with Crippen LogP contribution in [0.1, 0.15) is 22.8 Å². The maximum atomic E-state index is 12.5. The van der Waals surface area contributed by atoms with E-state index < -0.39 is 0 Å². The molecule has 1 aliphatic heterocycles. The van der Waals surface area contributed by atoms with E-state index in [1.165, 1.54) is 10.6 Å². The molecule has 0 radical (unpaired) electrons. The predicted octanol–water partition coefficient (Wildman–Crippen LogP) is 4.18. The second kappa shape index (κ2) is 6.44. The number of nitrogens with one attached hydrogen (secondary N) is 1. The zero-order valence-corrected chi connectivity index (χ0v) is 13.7. The average molecular weight is 312 g/mol. The van der Waals surface area contributed by atoms with Crippen molar-refractivity contribution in [3.63, 3.8) is 0 Å². The molecule has 3 rings (SSSR count). The summed E-state index contributed by atoms with van der Waals surface area (Å²) in [5, 5.41) is 3.00. The topological polar surface area (TPSA) is 32.3 Å². The molecule has 0 atom stereocenters. The zero-order chi connectivity index (χ0) is 15.5. The summed E-state index contributed by atoms with van der Waals surface area (Å²) in [4.78, 5) is 16.1. The summed E-state index contributed by atoms with van der Waals surface area (Å²) in [6.45, 7) is 6.16. The Morgan fingerprint density at radius 2 is 2.09 bits per heavy atom. The van der Waals surface area contributed by atoms with Gasteiger partial charge in [-0.3, -0.25) is 4.79 Å². The summed E-state index contributed by atoms with van der Waals surface area (Å²) in [5.41, 5.74) is 3.82. The molecule has 1 aliphatic rings. The quantitative estimate of drug-likeness (QED) is 0.923. The van der Waals surface area contributed by atoms with Gasteiger partial charge in [0.05, 0.1) is 5.69 Å². The molecule has 2 aromatic carbocycles. The molecule has 4 heteroatoms. The molecule has 0 unspecified atom stereocenters. The molecule has 22 heavy (non-hydrogen) atoms. The molecule has 3 nitrogen and oxygen atoms in total. The molecule has 0 fully saturated rings. The molecule has 114 valence electrons. The summed E-state index contributed by atoms with van der Waals surface area (Å²) in [6.07, 6.45) is 0. The first kappa shape index (κ1) is 15.0. The Balaban J connectivity index is 1.86. The van der Waals surface area contributed by atoms with Crippen molar-refractivity contribution in [2.45, 2.75) is 18.7 Å². The van der Waals surface area contributed by atoms with Crippen LogP contribution in [-0.2, 0) is 0 Å². The number of nitrogens with zero attached hydrogens (tertiary/aromatic N) is 1. The number of thioether (sulfide) groups is 1. The Kier molecular flexibility index (Phi) is 4.39.